The first-order valence-corrected chi connectivity index (χ1v) is 7.03. The van der Waals surface area contributed by atoms with Crippen LogP contribution in [0.1, 0.15) is 11.1 Å². The summed E-state index contributed by atoms with van der Waals surface area (Å²) in [5.74, 6) is 0. The van der Waals surface area contributed by atoms with Gasteiger partial charge in [-0.1, -0.05) is 42.5 Å². The van der Waals surface area contributed by atoms with Crippen LogP contribution in [0.4, 0.5) is 0 Å². The number of thiocarbonyl (C=S) groups is 1. The van der Waals surface area contributed by atoms with Gasteiger partial charge in [-0.15, -0.1) is 0 Å². The molecule has 104 valence electrons. The van der Waals surface area contributed by atoms with Crippen LogP contribution in [0.5, 0.6) is 0 Å². The van der Waals surface area contributed by atoms with E-state index in [9.17, 15) is 4.79 Å². The van der Waals surface area contributed by atoms with E-state index in [1.165, 1.54) is 0 Å². The van der Waals surface area contributed by atoms with Gasteiger partial charge in [-0.05, 0) is 23.8 Å². The molecule has 0 aliphatic heterocycles. The second kappa shape index (κ2) is 5.50. The Morgan fingerprint density at radius 1 is 1.10 bits per heavy atom. The molecule has 3 rings (SSSR count). The number of fused-ring (bicyclic) bond motifs is 1. The van der Waals surface area contributed by atoms with E-state index in [1.807, 2.05) is 54.7 Å². The van der Waals surface area contributed by atoms with Gasteiger partial charge in [0.25, 0.3) is 0 Å². The van der Waals surface area contributed by atoms with Crippen LogP contribution in [0.25, 0.3) is 10.9 Å². The molecule has 3 aromatic rings. The minimum absolute atomic E-state index is 0.0405. The average molecular weight is 294 g/mol. The topological polar surface area (TPSA) is 48.0 Å². The lowest BCUT2D eigenvalue weighted by Crippen LogP contribution is -2.11. The molecule has 0 amide bonds. The third-order valence-electron chi connectivity index (χ3n) is 3.45. The van der Waals surface area contributed by atoms with Crippen molar-refractivity contribution >= 4 is 28.1 Å². The van der Waals surface area contributed by atoms with Crippen molar-refractivity contribution in [3.05, 3.63) is 82.1 Å². The van der Waals surface area contributed by atoms with Gasteiger partial charge < -0.3 is 10.3 Å². The Morgan fingerprint density at radius 3 is 2.71 bits per heavy atom. The molecule has 0 saturated carbocycles. The highest BCUT2D eigenvalue weighted by molar-refractivity contribution is 7.80. The zero-order valence-corrected chi connectivity index (χ0v) is 12.1. The second-order valence-electron chi connectivity index (χ2n) is 4.89. The molecule has 1 aromatic heterocycles. The van der Waals surface area contributed by atoms with Gasteiger partial charge in [0.1, 0.15) is 4.99 Å². The molecule has 0 aliphatic rings. The van der Waals surface area contributed by atoms with Gasteiger partial charge in [-0.3, -0.25) is 4.79 Å². The van der Waals surface area contributed by atoms with Crippen molar-refractivity contribution in [2.45, 2.75) is 6.54 Å². The molecule has 0 aliphatic carbocycles. The largest absolute Gasteiger partial charge is 0.389 e. The van der Waals surface area contributed by atoms with Crippen LogP contribution in [0, 0.1) is 0 Å². The third kappa shape index (κ3) is 2.71. The summed E-state index contributed by atoms with van der Waals surface area (Å²) in [5.41, 5.74) is 8.58. The van der Waals surface area contributed by atoms with Crippen LogP contribution in [0.3, 0.4) is 0 Å². The van der Waals surface area contributed by atoms with Gasteiger partial charge in [-0.2, -0.15) is 0 Å². The number of aromatic nitrogens is 1. The summed E-state index contributed by atoms with van der Waals surface area (Å²) in [5, 5.41) is 0.727. The van der Waals surface area contributed by atoms with Crippen molar-refractivity contribution < 1.29 is 0 Å². The van der Waals surface area contributed by atoms with E-state index in [0.717, 1.165) is 22.0 Å². The van der Waals surface area contributed by atoms with E-state index in [2.05, 4.69) is 4.57 Å². The molecular weight excluding hydrogens is 280 g/mol. The minimum Gasteiger partial charge on any atom is -0.389 e. The molecule has 0 fully saturated rings. The van der Waals surface area contributed by atoms with Gasteiger partial charge in [0.15, 0.2) is 5.43 Å². The number of nitrogens with two attached hydrogens (primary N) is 1. The monoisotopic (exact) mass is 294 g/mol. The minimum atomic E-state index is 0.0405. The molecule has 4 heteroatoms. The molecule has 1 heterocycles. The molecule has 0 spiro atoms. The maximum atomic E-state index is 11.9. The number of pyridine rings is 1. The zero-order chi connectivity index (χ0) is 14.8. The Kier molecular flexibility index (Phi) is 3.54. The Bertz CT molecular complexity index is 883. The van der Waals surface area contributed by atoms with Crippen LogP contribution in [0.15, 0.2) is 65.6 Å². The Balaban J connectivity index is 2.06. The Morgan fingerprint density at radius 2 is 1.90 bits per heavy atom. The predicted molar refractivity (Wildman–Crippen MR) is 89.6 cm³/mol. The van der Waals surface area contributed by atoms with Gasteiger partial charge >= 0.3 is 0 Å². The summed E-state index contributed by atoms with van der Waals surface area (Å²) in [4.78, 5) is 12.3. The van der Waals surface area contributed by atoms with Crippen LogP contribution in [-0.4, -0.2) is 9.56 Å². The van der Waals surface area contributed by atoms with Gasteiger partial charge in [0, 0.05) is 29.8 Å². The number of para-hydroxylation sites is 1. The van der Waals surface area contributed by atoms with E-state index >= 15 is 0 Å². The van der Waals surface area contributed by atoms with E-state index in [1.54, 1.807) is 6.07 Å². The molecule has 2 aromatic carbocycles. The Hall–Kier alpha value is -2.46. The van der Waals surface area contributed by atoms with E-state index in [4.69, 9.17) is 18.0 Å². The lowest BCUT2D eigenvalue weighted by molar-refractivity contribution is 0.825. The smallest absolute Gasteiger partial charge is 0.189 e. The first-order chi connectivity index (χ1) is 10.1. The number of hydrogen-bond acceptors (Lipinski definition) is 2. The lowest BCUT2D eigenvalue weighted by atomic mass is 10.1. The van der Waals surface area contributed by atoms with Crippen LogP contribution in [-0.2, 0) is 6.54 Å². The number of benzene rings is 2. The van der Waals surface area contributed by atoms with E-state index in [0.29, 0.717) is 11.5 Å². The van der Waals surface area contributed by atoms with Crippen LogP contribution in [0.2, 0.25) is 0 Å². The van der Waals surface area contributed by atoms with Crippen molar-refractivity contribution in [2.75, 3.05) is 0 Å². The van der Waals surface area contributed by atoms with Crippen molar-refractivity contribution in [3.63, 3.8) is 0 Å². The van der Waals surface area contributed by atoms with E-state index < -0.39 is 0 Å². The summed E-state index contributed by atoms with van der Waals surface area (Å²) in [6.07, 6.45) is 1.82. The fraction of sp³-hybridized carbons (Fsp3) is 0.0588. The first kappa shape index (κ1) is 13.5. The normalized spacial score (nSPS) is 10.7. The van der Waals surface area contributed by atoms with Crippen LogP contribution >= 0.6 is 12.2 Å². The number of rotatable bonds is 3. The summed E-state index contributed by atoms with van der Waals surface area (Å²) in [7, 11) is 0. The molecular formula is C17H14N2OS. The van der Waals surface area contributed by atoms with Crippen molar-refractivity contribution in [2.24, 2.45) is 5.73 Å². The molecule has 2 N–H and O–H groups in total. The predicted octanol–water partition coefficient (Wildman–Crippen LogP) is 2.68. The molecule has 0 atom stereocenters. The standard InChI is InChI=1S/C17H14N2OS/c18-17(21)13-5-3-4-12(10-13)11-19-9-8-16(20)14-6-1-2-7-15(14)19/h1-10H,11H2,(H2,18,21). The fourth-order valence-corrected chi connectivity index (χ4v) is 2.54. The molecule has 0 radical (unpaired) electrons. The maximum Gasteiger partial charge on any atom is 0.189 e. The highest BCUT2D eigenvalue weighted by atomic mass is 32.1. The van der Waals surface area contributed by atoms with Gasteiger partial charge in [-0.25, -0.2) is 0 Å². The fourth-order valence-electron chi connectivity index (χ4n) is 2.42. The molecule has 21 heavy (non-hydrogen) atoms. The van der Waals surface area contributed by atoms with Gasteiger partial charge in [0.05, 0.1) is 5.52 Å². The number of nitrogens with zero attached hydrogens (tertiary/aromatic N) is 1. The van der Waals surface area contributed by atoms with Crippen molar-refractivity contribution in [3.8, 4) is 0 Å². The highest BCUT2D eigenvalue weighted by Gasteiger charge is 2.04. The van der Waals surface area contributed by atoms with Crippen molar-refractivity contribution in [1.82, 2.24) is 4.57 Å². The van der Waals surface area contributed by atoms with Crippen molar-refractivity contribution in [1.29, 1.82) is 0 Å². The molecule has 0 unspecified atom stereocenters. The Labute approximate surface area is 127 Å². The summed E-state index contributed by atoms with van der Waals surface area (Å²) >= 11 is 5.01. The lowest BCUT2D eigenvalue weighted by Gasteiger charge is -2.11. The summed E-state index contributed by atoms with van der Waals surface area (Å²) in [6, 6.07) is 17.0. The number of hydrogen-bond donors (Lipinski definition) is 1. The quantitative estimate of drug-likeness (QED) is 0.756. The summed E-state index contributed by atoms with van der Waals surface area (Å²) < 4.78 is 2.05. The van der Waals surface area contributed by atoms with Crippen LogP contribution < -0.4 is 11.2 Å². The second-order valence-corrected chi connectivity index (χ2v) is 5.33. The summed E-state index contributed by atoms with van der Waals surface area (Å²) in [6.45, 7) is 0.664. The SMILES string of the molecule is NC(=S)c1cccc(Cn2ccc(=O)c3ccccc32)c1. The molecule has 0 bridgehead atoms. The maximum absolute atomic E-state index is 11.9. The molecule has 3 nitrogen and oxygen atoms in total. The molecule has 0 saturated heterocycles. The van der Waals surface area contributed by atoms with Gasteiger partial charge in [0.2, 0.25) is 0 Å². The zero-order valence-electron chi connectivity index (χ0n) is 11.3. The third-order valence-corrected chi connectivity index (χ3v) is 3.68. The first-order valence-electron chi connectivity index (χ1n) is 6.62. The average Bonchev–Trinajstić information content (AvgIpc) is 2.51. The van der Waals surface area contributed by atoms with E-state index in [-0.39, 0.29) is 5.43 Å². The highest BCUT2D eigenvalue weighted by Crippen LogP contribution is 2.13.